The summed E-state index contributed by atoms with van der Waals surface area (Å²) < 4.78 is 0. The third kappa shape index (κ3) is 2.10. The van der Waals surface area contributed by atoms with E-state index < -0.39 is 0 Å². The molecule has 0 unspecified atom stereocenters. The van der Waals surface area contributed by atoms with Crippen molar-refractivity contribution in [2.45, 2.75) is 26.7 Å². The zero-order valence-electron chi connectivity index (χ0n) is 9.94. The van der Waals surface area contributed by atoms with Crippen LogP contribution in [0.25, 0.3) is 11.4 Å². The van der Waals surface area contributed by atoms with Gasteiger partial charge < -0.3 is 10.1 Å². The molecule has 0 saturated heterocycles. The number of aromatic amines is 1. The Kier molecular flexibility index (Phi) is 3.02. The van der Waals surface area contributed by atoms with Gasteiger partial charge in [0.1, 0.15) is 5.82 Å². The summed E-state index contributed by atoms with van der Waals surface area (Å²) in [5.74, 6) is 0.198. The minimum atomic E-state index is -0.270. The van der Waals surface area contributed by atoms with E-state index in [1.807, 2.05) is 31.5 Å². The minimum Gasteiger partial charge on any atom is -0.493 e. The molecule has 0 fully saturated rings. The molecule has 0 saturated carbocycles. The highest BCUT2D eigenvalue weighted by atomic mass is 32.1. The lowest BCUT2D eigenvalue weighted by atomic mass is 10.1. The van der Waals surface area contributed by atoms with Crippen LogP contribution in [-0.2, 0) is 0 Å². The number of hydrogen-bond acceptors (Lipinski definition) is 4. The van der Waals surface area contributed by atoms with Gasteiger partial charge in [-0.1, -0.05) is 13.8 Å². The maximum Gasteiger partial charge on any atom is 0.258 e. The highest BCUT2D eigenvalue weighted by Gasteiger charge is 2.15. The Morgan fingerprint density at radius 2 is 2.12 bits per heavy atom. The largest absolute Gasteiger partial charge is 0.493 e. The Morgan fingerprint density at radius 1 is 1.41 bits per heavy atom. The number of thiophene rings is 1. The first kappa shape index (κ1) is 11.9. The highest BCUT2D eigenvalue weighted by molar-refractivity contribution is 7.08. The summed E-state index contributed by atoms with van der Waals surface area (Å²) in [4.78, 5) is 18.6. The van der Waals surface area contributed by atoms with Crippen LogP contribution >= 0.6 is 11.3 Å². The van der Waals surface area contributed by atoms with Gasteiger partial charge in [0.15, 0.2) is 0 Å². The second-order valence-electron chi connectivity index (χ2n) is 4.27. The summed E-state index contributed by atoms with van der Waals surface area (Å²) in [6, 6.07) is 0. The number of aromatic nitrogens is 2. The van der Waals surface area contributed by atoms with Crippen molar-refractivity contribution in [1.29, 1.82) is 0 Å². The van der Waals surface area contributed by atoms with Crippen LogP contribution in [0.1, 0.15) is 30.9 Å². The lowest BCUT2D eigenvalue weighted by Gasteiger charge is -2.08. The van der Waals surface area contributed by atoms with Crippen LogP contribution in [0.15, 0.2) is 15.6 Å². The first-order chi connectivity index (χ1) is 8.00. The molecular weight excluding hydrogens is 236 g/mol. The fraction of sp³-hybridized carbons (Fsp3) is 0.333. The molecule has 17 heavy (non-hydrogen) atoms. The van der Waals surface area contributed by atoms with Crippen LogP contribution in [0, 0.1) is 6.92 Å². The summed E-state index contributed by atoms with van der Waals surface area (Å²) in [6.07, 6.45) is 0. The van der Waals surface area contributed by atoms with E-state index in [0.29, 0.717) is 11.4 Å². The highest BCUT2D eigenvalue weighted by Crippen LogP contribution is 2.26. The fourth-order valence-corrected chi connectivity index (χ4v) is 2.55. The molecule has 2 heterocycles. The van der Waals surface area contributed by atoms with Crippen molar-refractivity contribution in [3.8, 4) is 17.3 Å². The van der Waals surface area contributed by atoms with E-state index in [1.165, 1.54) is 11.3 Å². The molecule has 0 spiro atoms. The molecule has 0 bridgehead atoms. The molecule has 2 rings (SSSR count). The van der Waals surface area contributed by atoms with Crippen LogP contribution in [0.3, 0.4) is 0 Å². The Balaban J connectivity index is 2.61. The van der Waals surface area contributed by atoms with Gasteiger partial charge in [0.25, 0.3) is 5.56 Å². The summed E-state index contributed by atoms with van der Waals surface area (Å²) in [7, 11) is 0. The van der Waals surface area contributed by atoms with Crippen molar-refractivity contribution in [2.24, 2.45) is 0 Å². The Bertz CT molecular complexity index is 599. The third-order valence-corrected chi connectivity index (χ3v) is 3.48. The zero-order valence-corrected chi connectivity index (χ0v) is 10.8. The van der Waals surface area contributed by atoms with E-state index in [2.05, 4.69) is 9.97 Å². The number of nitrogens with zero attached hydrogens (tertiary/aromatic N) is 1. The van der Waals surface area contributed by atoms with E-state index in [1.54, 1.807) is 0 Å². The molecule has 5 heteroatoms. The molecule has 0 atom stereocenters. The number of hydrogen-bond donors (Lipinski definition) is 2. The van der Waals surface area contributed by atoms with Crippen molar-refractivity contribution in [2.75, 3.05) is 0 Å². The van der Waals surface area contributed by atoms with Gasteiger partial charge >= 0.3 is 0 Å². The average molecular weight is 250 g/mol. The van der Waals surface area contributed by atoms with E-state index in [9.17, 15) is 9.90 Å². The predicted octanol–water partition coefficient (Wildman–Crippen LogP) is 2.64. The smallest absolute Gasteiger partial charge is 0.258 e. The molecule has 2 aromatic rings. The summed E-state index contributed by atoms with van der Waals surface area (Å²) >= 11 is 1.54. The van der Waals surface area contributed by atoms with Crippen molar-refractivity contribution in [3.63, 3.8) is 0 Å². The average Bonchev–Trinajstić information content (AvgIpc) is 2.62. The quantitative estimate of drug-likeness (QED) is 0.861. The van der Waals surface area contributed by atoms with Crippen LogP contribution in [-0.4, -0.2) is 15.1 Å². The second-order valence-corrected chi connectivity index (χ2v) is 5.02. The number of aryl methyl sites for hydroxylation is 1. The Hall–Kier alpha value is -1.62. The molecule has 0 radical (unpaired) electrons. The lowest BCUT2D eigenvalue weighted by Crippen LogP contribution is -2.16. The maximum atomic E-state index is 11.9. The third-order valence-electron chi connectivity index (χ3n) is 2.62. The number of H-pyrrole nitrogens is 1. The molecule has 0 aromatic carbocycles. The Morgan fingerprint density at radius 3 is 2.59 bits per heavy atom. The summed E-state index contributed by atoms with van der Waals surface area (Å²) in [5.41, 5.74) is 1.96. The van der Waals surface area contributed by atoms with Crippen LogP contribution in [0.5, 0.6) is 5.88 Å². The SMILES string of the molecule is Cc1cscc1-c1nc(O)c(C(C)C)c(=O)[nH]1. The molecule has 90 valence electrons. The number of nitrogens with one attached hydrogen (secondary N) is 1. The first-order valence-corrected chi connectivity index (χ1v) is 6.31. The van der Waals surface area contributed by atoms with Gasteiger partial charge in [0, 0.05) is 10.9 Å². The van der Waals surface area contributed by atoms with Crippen LogP contribution < -0.4 is 5.56 Å². The summed E-state index contributed by atoms with van der Waals surface area (Å²) in [6.45, 7) is 5.64. The molecule has 0 amide bonds. The second kappa shape index (κ2) is 4.33. The predicted molar refractivity (Wildman–Crippen MR) is 68.7 cm³/mol. The van der Waals surface area contributed by atoms with E-state index in [4.69, 9.17) is 0 Å². The maximum absolute atomic E-state index is 11.9. The first-order valence-electron chi connectivity index (χ1n) is 5.37. The normalized spacial score (nSPS) is 11.1. The molecule has 4 nitrogen and oxygen atoms in total. The molecule has 0 aliphatic carbocycles. The summed E-state index contributed by atoms with van der Waals surface area (Å²) in [5, 5.41) is 13.7. The number of aromatic hydroxyl groups is 1. The topological polar surface area (TPSA) is 66.0 Å². The zero-order chi connectivity index (χ0) is 12.6. The van der Waals surface area contributed by atoms with Crippen molar-refractivity contribution in [3.05, 3.63) is 32.2 Å². The van der Waals surface area contributed by atoms with Gasteiger partial charge in [-0.15, -0.1) is 0 Å². The minimum absolute atomic E-state index is 0.0520. The van der Waals surface area contributed by atoms with Gasteiger partial charge in [0.05, 0.1) is 5.56 Å². The van der Waals surface area contributed by atoms with Gasteiger partial charge in [-0.25, -0.2) is 0 Å². The number of rotatable bonds is 2. The van der Waals surface area contributed by atoms with Gasteiger partial charge in [0.2, 0.25) is 5.88 Å². The monoisotopic (exact) mass is 250 g/mol. The Labute approximate surface area is 103 Å². The molecular formula is C12H14N2O2S. The molecule has 0 aliphatic rings. The van der Waals surface area contributed by atoms with Crippen molar-refractivity contribution >= 4 is 11.3 Å². The van der Waals surface area contributed by atoms with Crippen LogP contribution in [0.4, 0.5) is 0 Å². The van der Waals surface area contributed by atoms with Gasteiger partial charge in [-0.3, -0.25) is 4.79 Å². The van der Waals surface area contributed by atoms with Crippen molar-refractivity contribution < 1.29 is 5.11 Å². The van der Waals surface area contributed by atoms with E-state index in [-0.39, 0.29) is 17.4 Å². The standard InChI is InChI=1S/C12H14N2O2S/c1-6(2)9-11(15)13-10(14-12(9)16)8-5-17-4-7(8)3/h4-6H,1-3H3,(H2,13,14,15,16). The molecule has 0 aliphatic heterocycles. The van der Waals surface area contributed by atoms with Gasteiger partial charge in [-0.2, -0.15) is 16.3 Å². The van der Waals surface area contributed by atoms with Gasteiger partial charge in [-0.05, 0) is 23.8 Å². The molecule has 2 aromatic heterocycles. The van der Waals surface area contributed by atoms with E-state index in [0.717, 1.165) is 11.1 Å². The van der Waals surface area contributed by atoms with Crippen molar-refractivity contribution in [1.82, 2.24) is 9.97 Å². The fourth-order valence-electron chi connectivity index (χ4n) is 1.72. The lowest BCUT2D eigenvalue weighted by molar-refractivity contribution is 0.440. The van der Waals surface area contributed by atoms with Crippen LogP contribution in [0.2, 0.25) is 0 Å². The molecule has 2 N–H and O–H groups in total. The van der Waals surface area contributed by atoms with E-state index >= 15 is 0 Å².